The molecule has 0 saturated heterocycles. The van der Waals surface area contributed by atoms with Crippen LogP contribution in [0.2, 0.25) is 0 Å². The summed E-state index contributed by atoms with van der Waals surface area (Å²) in [5.41, 5.74) is 1.09. The molecule has 1 aromatic carbocycles. The Balaban J connectivity index is 1.41. The Kier molecular flexibility index (Phi) is 4.33. The highest BCUT2D eigenvalue weighted by atomic mass is 32.2. The van der Waals surface area contributed by atoms with Gasteiger partial charge in [-0.3, -0.25) is 9.59 Å². The van der Waals surface area contributed by atoms with E-state index in [4.69, 9.17) is 9.47 Å². The molecule has 0 radical (unpaired) electrons. The summed E-state index contributed by atoms with van der Waals surface area (Å²) in [5.74, 6) is 1.22. The van der Waals surface area contributed by atoms with Gasteiger partial charge in [-0.15, -0.1) is 11.3 Å². The minimum Gasteiger partial charge on any atom is -0.486 e. The van der Waals surface area contributed by atoms with E-state index in [1.54, 1.807) is 24.3 Å². The molecule has 3 aromatic rings. The Bertz CT molecular complexity index is 998. The molecule has 128 valence electrons. The molecule has 0 saturated carbocycles. The standard InChI is InChI=1S/C16H13N3O4S2/c20-13(17-9-1-2-11-12(7-9)23-5-4-22-11)8-25-16-18-10-3-6-24-14(10)15(21)19-16/h1-3,6-7H,4-5,8H2,(H,17,20)(H,18,19,21). The van der Waals surface area contributed by atoms with Crippen molar-refractivity contribution < 1.29 is 14.3 Å². The zero-order valence-electron chi connectivity index (χ0n) is 12.9. The molecule has 1 amide bonds. The van der Waals surface area contributed by atoms with Crippen molar-refractivity contribution >= 4 is 44.9 Å². The first-order valence-corrected chi connectivity index (χ1v) is 9.35. The Labute approximate surface area is 150 Å². The van der Waals surface area contributed by atoms with Crippen molar-refractivity contribution in [3.05, 3.63) is 40.0 Å². The SMILES string of the molecule is O=C(CSc1nc2ccsc2c(=O)[nH]1)Nc1ccc2c(c1)OCCO2. The van der Waals surface area contributed by atoms with E-state index < -0.39 is 0 Å². The molecular weight excluding hydrogens is 362 g/mol. The Hall–Kier alpha value is -2.52. The van der Waals surface area contributed by atoms with Gasteiger partial charge in [0, 0.05) is 11.8 Å². The number of anilines is 1. The van der Waals surface area contributed by atoms with Crippen molar-refractivity contribution in [2.45, 2.75) is 5.16 Å². The molecule has 9 heteroatoms. The van der Waals surface area contributed by atoms with Gasteiger partial charge in [-0.25, -0.2) is 4.98 Å². The fraction of sp³-hybridized carbons (Fsp3) is 0.188. The monoisotopic (exact) mass is 375 g/mol. The number of hydrogen-bond acceptors (Lipinski definition) is 7. The summed E-state index contributed by atoms with van der Waals surface area (Å²) in [4.78, 5) is 31.1. The summed E-state index contributed by atoms with van der Waals surface area (Å²) >= 11 is 2.52. The Morgan fingerprint density at radius 3 is 3.00 bits per heavy atom. The van der Waals surface area contributed by atoms with Gasteiger partial charge in [0.2, 0.25) is 5.91 Å². The normalized spacial score (nSPS) is 13.0. The molecule has 1 aliphatic heterocycles. The van der Waals surface area contributed by atoms with E-state index in [-0.39, 0.29) is 17.2 Å². The second kappa shape index (κ2) is 6.77. The average molecular weight is 375 g/mol. The summed E-state index contributed by atoms with van der Waals surface area (Å²) in [7, 11) is 0. The summed E-state index contributed by atoms with van der Waals surface area (Å²) in [6.45, 7) is 1.01. The molecule has 0 spiro atoms. The maximum absolute atomic E-state index is 12.1. The number of hydrogen-bond donors (Lipinski definition) is 2. The lowest BCUT2D eigenvalue weighted by Crippen LogP contribution is -2.17. The number of aromatic nitrogens is 2. The van der Waals surface area contributed by atoms with E-state index in [0.29, 0.717) is 45.8 Å². The van der Waals surface area contributed by atoms with Gasteiger partial charge in [-0.2, -0.15) is 0 Å². The van der Waals surface area contributed by atoms with Crippen molar-refractivity contribution in [2.24, 2.45) is 0 Å². The molecule has 4 rings (SSSR count). The van der Waals surface area contributed by atoms with E-state index in [9.17, 15) is 9.59 Å². The smallest absolute Gasteiger partial charge is 0.269 e. The van der Waals surface area contributed by atoms with Gasteiger partial charge in [0.15, 0.2) is 16.7 Å². The third-order valence-corrected chi connectivity index (χ3v) is 5.23. The molecule has 25 heavy (non-hydrogen) atoms. The average Bonchev–Trinajstić information content (AvgIpc) is 3.09. The van der Waals surface area contributed by atoms with Crippen LogP contribution in [0.15, 0.2) is 39.6 Å². The van der Waals surface area contributed by atoms with Gasteiger partial charge in [0.25, 0.3) is 5.56 Å². The highest BCUT2D eigenvalue weighted by molar-refractivity contribution is 7.99. The number of benzene rings is 1. The van der Waals surface area contributed by atoms with Crippen LogP contribution in [0.1, 0.15) is 0 Å². The Morgan fingerprint density at radius 2 is 2.12 bits per heavy atom. The maximum atomic E-state index is 12.1. The van der Waals surface area contributed by atoms with Crippen LogP contribution in [0.4, 0.5) is 5.69 Å². The molecule has 0 unspecified atom stereocenters. The molecular formula is C16H13N3O4S2. The van der Waals surface area contributed by atoms with Crippen LogP contribution in [0.25, 0.3) is 10.2 Å². The fourth-order valence-electron chi connectivity index (χ4n) is 2.37. The summed E-state index contributed by atoms with van der Waals surface area (Å²) in [5, 5.41) is 5.04. The van der Waals surface area contributed by atoms with Crippen molar-refractivity contribution in [2.75, 3.05) is 24.3 Å². The number of thioether (sulfide) groups is 1. The number of carbonyl (C=O) groups is 1. The third kappa shape index (κ3) is 3.47. The minimum absolute atomic E-state index is 0.132. The number of thiophene rings is 1. The van der Waals surface area contributed by atoms with Crippen LogP contribution in [0.5, 0.6) is 11.5 Å². The predicted octanol–water partition coefficient (Wildman–Crippen LogP) is 2.49. The van der Waals surface area contributed by atoms with E-state index >= 15 is 0 Å². The number of amides is 1. The van der Waals surface area contributed by atoms with Crippen molar-refractivity contribution in [1.82, 2.24) is 9.97 Å². The quantitative estimate of drug-likeness (QED) is 0.538. The second-order valence-corrected chi connectivity index (χ2v) is 7.08. The molecule has 0 fully saturated rings. The van der Waals surface area contributed by atoms with Gasteiger partial charge < -0.3 is 19.8 Å². The molecule has 2 N–H and O–H groups in total. The van der Waals surface area contributed by atoms with Crippen LogP contribution in [-0.2, 0) is 4.79 Å². The molecule has 0 bridgehead atoms. The summed E-state index contributed by atoms with van der Waals surface area (Å²) in [6.07, 6.45) is 0. The van der Waals surface area contributed by atoms with Gasteiger partial charge in [-0.1, -0.05) is 11.8 Å². The highest BCUT2D eigenvalue weighted by Gasteiger charge is 2.13. The molecule has 0 atom stereocenters. The summed E-state index contributed by atoms with van der Waals surface area (Å²) in [6, 6.07) is 7.04. The van der Waals surface area contributed by atoms with Gasteiger partial charge >= 0.3 is 0 Å². The third-order valence-electron chi connectivity index (χ3n) is 3.46. The predicted molar refractivity (Wildman–Crippen MR) is 97.0 cm³/mol. The maximum Gasteiger partial charge on any atom is 0.269 e. The van der Waals surface area contributed by atoms with E-state index in [0.717, 1.165) is 0 Å². The van der Waals surface area contributed by atoms with Gasteiger partial charge in [0.05, 0.1) is 11.3 Å². The number of ether oxygens (including phenoxy) is 2. The Morgan fingerprint density at radius 1 is 1.28 bits per heavy atom. The number of nitrogens with one attached hydrogen (secondary N) is 2. The van der Waals surface area contributed by atoms with Crippen LogP contribution >= 0.6 is 23.1 Å². The number of aromatic amines is 1. The lowest BCUT2D eigenvalue weighted by Gasteiger charge is -2.18. The minimum atomic E-state index is -0.199. The zero-order valence-corrected chi connectivity index (χ0v) is 14.5. The zero-order chi connectivity index (χ0) is 17.2. The molecule has 1 aliphatic rings. The number of carbonyl (C=O) groups excluding carboxylic acids is 1. The van der Waals surface area contributed by atoms with E-state index in [2.05, 4.69) is 15.3 Å². The van der Waals surface area contributed by atoms with Crippen LogP contribution in [0.3, 0.4) is 0 Å². The van der Waals surface area contributed by atoms with Crippen molar-refractivity contribution in [3.8, 4) is 11.5 Å². The second-order valence-electron chi connectivity index (χ2n) is 5.20. The molecule has 3 heterocycles. The first-order chi connectivity index (χ1) is 12.2. The van der Waals surface area contributed by atoms with Crippen molar-refractivity contribution in [1.29, 1.82) is 0 Å². The van der Waals surface area contributed by atoms with E-state index in [1.807, 2.05) is 5.38 Å². The fourth-order valence-corrected chi connectivity index (χ4v) is 3.77. The lowest BCUT2D eigenvalue weighted by atomic mass is 10.2. The first-order valence-electron chi connectivity index (χ1n) is 7.49. The van der Waals surface area contributed by atoms with Crippen molar-refractivity contribution in [3.63, 3.8) is 0 Å². The number of fused-ring (bicyclic) bond motifs is 2. The van der Waals surface area contributed by atoms with E-state index in [1.165, 1.54) is 23.1 Å². The molecule has 2 aromatic heterocycles. The summed E-state index contributed by atoms with van der Waals surface area (Å²) < 4.78 is 11.5. The molecule has 0 aliphatic carbocycles. The van der Waals surface area contributed by atoms with Gasteiger partial charge in [0.1, 0.15) is 17.9 Å². The largest absolute Gasteiger partial charge is 0.486 e. The van der Waals surface area contributed by atoms with Crippen LogP contribution < -0.4 is 20.3 Å². The number of H-pyrrole nitrogens is 1. The van der Waals surface area contributed by atoms with Crippen LogP contribution in [-0.4, -0.2) is 34.8 Å². The van der Waals surface area contributed by atoms with Gasteiger partial charge in [-0.05, 0) is 23.6 Å². The first kappa shape index (κ1) is 16.0. The topological polar surface area (TPSA) is 93.3 Å². The highest BCUT2D eigenvalue weighted by Crippen LogP contribution is 2.32. The number of rotatable bonds is 4. The number of nitrogens with zero attached hydrogens (tertiary/aromatic N) is 1. The lowest BCUT2D eigenvalue weighted by molar-refractivity contribution is -0.113. The van der Waals surface area contributed by atoms with Crippen LogP contribution in [0, 0.1) is 0 Å². The molecule has 7 nitrogen and oxygen atoms in total.